The lowest BCUT2D eigenvalue weighted by molar-refractivity contribution is 0.205. The molecule has 3 rings (SSSR count). The van der Waals surface area contributed by atoms with Gasteiger partial charge in [0, 0.05) is 17.3 Å². The Morgan fingerprint density at radius 1 is 1.26 bits per heavy atom. The van der Waals surface area contributed by atoms with Gasteiger partial charge in [-0.25, -0.2) is 9.18 Å². The van der Waals surface area contributed by atoms with Crippen molar-refractivity contribution in [3.05, 3.63) is 59.9 Å². The van der Waals surface area contributed by atoms with E-state index in [4.69, 9.17) is 4.74 Å². The number of halogens is 1. The van der Waals surface area contributed by atoms with Gasteiger partial charge in [-0.3, -0.25) is 0 Å². The molecule has 4 nitrogen and oxygen atoms in total. The normalized spacial score (nSPS) is 13.5. The number of urea groups is 1. The maximum atomic E-state index is 13.3. The van der Waals surface area contributed by atoms with Gasteiger partial charge < -0.3 is 15.0 Å². The van der Waals surface area contributed by atoms with E-state index in [1.165, 1.54) is 12.1 Å². The summed E-state index contributed by atoms with van der Waals surface area (Å²) in [5, 5.41) is 2.77. The monoisotopic (exact) mass is 314 g/mol. The average molecular weight is 314 g/mol. The standard InChI is InChI=1S/C18H19FN2O2/c1-23-17-8-3-2-5-13(17)12-21(16-9-10-16)18(22)20-15-7-4-6-14(19)11-15/h2-8,11,16H,9-10,12H2,1H3,(H,20,22). The molecule has 2 amide bonds. The van der Waals surface area contributed by atoms with Crippen molar-refractivity contribution in [1.29, 1.82) is 0 Å². The number of carbonyl (C=O) groups is 1. The van der Waals surface area contributed by atoms with Gasteiger partial charge in [-0.2, -0.15) is 0 Å². The molecule has 0 bridgehead atoms. The average Bonchev–Trinajstić information content (AvgIpc) is 3.37. The van der Waals surface area contributed by atoms with Crippen molar-refractivity contribution in [1.82, 2.24) is 4.90 Å². The van der Waals surface area contributed by atoms with Crippen LogP contribution in [-0.2, 0) is 6.54 Å². The number of nitrogens with one attached hydrogen (secondary N) is 1. The summed E-state index contributed by atoms with van der Waals surface area (Å²) in [5.74, 6) is 0.391. The van der Waals surface area contributed by atoms with Crippen molar-refractivity contribution < 1.29 is 13.9 Å². The number of para-hydroxylation sites is 1. The molecule has 0 spiro atoms. The first-order valence-electron chi connectivity index (χ1n) is 7.62. The molecule has 1 aliphatic rings. The summed E-state index contributed by atoms with van der Waals surface area (Å²) < 4.78 is 18.6. The first-order chi connectivity index (χ1) is 11.2. The van der Waals surface area contributed by atoms with E-state index in [1.54, 1.807) is 24.1 Å². The molecular formula is C18H19FN2O2. The SMILES string of the molecule is COc1ccccc1CN(C(=O)Nc1cccc(F)c1)C1CC1. The van der Waals surface area contributed by atoms with Crippen LogP contribution in [0.25, 0.3) is 0 Å². The minimum absolute atomic E-state index is 0.219. The van der Waals surface area contributed by atoms with Gasteiger partial charge in [0.1, 0.15) is 11.6 Å². The molecule has 1 aliphatic carbocycles. The predicted octanol–water partition coefficient (Wildman–Crippen LogP) is 4.03. The van der Waals surface area contributed by atoms with Gasteiger partial charge in [-0.1, -0.05) is 24.3 Å². The fourth-order valence-corrected chi connectivity index (χ4v) is 2.53. The molecule has 0 saturated heterocycles. The molecule has 120 valence electrons. The van der Waals surface area contributed by atoms with Crippen molar-refractivity contribution in [3.8, 4) is 5.75 Å². The molecule has 0 atom stereocenters. The number of nitrogens with zero attached hydrogens (tertiary/aromatic N) is 1. The van der Waals surface area contributed by atoms with Crippen molar-refractivity contribution in [3.63, 3.8) is 0 Å². The summed E-state index contributed by atoms with van der Waals surface area (Å²) in [4.78, 5) is 14.3. The third-order valence-corrected chi connectivity index (χ3v) is 3.86. The van der Waals surface area contributed by atoms with E-state index in [1.807, 2.05) is 24.3 Å². The number of methoxy groups -OCH3 is 1. The van der Waals surface area contributed by atoms with Gasteiger partial charge in [0.2, 0.25) is 0 Å². The molecule has 0 aromatic heterocycles. The molecule has 1 N–H and O–H groups in total. The van der Waals surface area contributed by atoms with Crippen molar-refractivity contribution in [2.45, 2.75) is 25.4 Å². The van der Waals surface area contributed by atoms with Crippen molar-refractivity contribution in [2.75, 3.05) is 12.4 Å². The van der Waals surface area contributed by atoms with Crippen LogP contribution in [0.5, 0.6) is 5.75 Å². The number of anilines is 1. The highest BCUT2D eigenvalue weighted by Crippen LogP contribution is 2.31. The van der Waals surface area contributed by atoms with Crippen LogP contribution in [0.15, 0.2) is 48.5 Å². The third kappa shape index (κ3) is 3.80. The molecule has 1 fully saturated rings. The van der Waals surface area contributed by atoms with E-state index in [9.17, 15) is 9.18 Å². The predicted molar refractivity (Wildman–Crippen MR) is 87.0 cm³/mol. The number of hydrogen-bond donors (Lipinski definition) is 1. The number of rotatable bonds is 5. The Morgan fingerprint density at radius 3 is 2.74 bits per heavy atom. The van der Waals surface area contributed by atoms with Crippen LogP contribution in [0, 0.1) is 5.82 Å². The van der Waals surface area contributed by atoms with Crippen LogP contribution in [-0.4, -0.2) is 24.1 Å². The second-order valence-corrected chi connectivity index (χ2v) is 5.61. The summed E-state index contributed by atoms with van der Waals surface area (Å²) in [7, 11) is 1.62. The minimum atomic E-state index is -0.370. The fraction of sp³-hybridized carbons (Fsp3) is 0.278. The quantitative estimate of drug-likeness (QED) is 0.905. The Hall–Kier alpha value is -2.56. The van der Waals surface area contributed by atoms with Gasteiger partial charge in [-0.05, 0) is 37.1 Å². The Morgan fingerprint density at radius 2 is 2.04 bits per heavy atom. The summed E-state index contributed by atoms with van der Waals surface area (Å²) in [6.07, 6.45) is 1.98. The third-order valence-electron chi connectivity index (χ3n) is 3.86. The molecule has 5 heteroatoms. The Kier molecular flexibility index (Phi) is 4.46. The second kappa shape index (κ2) is 6.69. The van der Waals surface area contributed by atoms with Gasteiger partial charge >= 0.3 is 6.03 Å². The smallest absolute Gasteiger partial charge is 0.322 e. The van der Waals surface area contributed by atoms with Gasteiger partial charge in [0.15, 0.2) is 0 Å². The maximum Gasteiger partial charge on any atom is 0.322 e. The van der Waals surface area contributed by atoms with Gasteiger partial charge in [0.05, 0.1) is 13.7 Å². The molecule has 1 saturated carbocycles. The van der Waals surface area contributed by atoms with E-state index in [0.29, 0.717) is 12.2 Å². The molecule has 0 heterocycles. The van der Waals surface area contributed by atoms with Crippen LogP contribution in [0.1, 0.15) is 18.4 Å². The van der Waals surface area contributed by atoms with E-state index in [-0.39, 0.29) is 17.9 Å². The zero-order chi connectivity index (χ0) is 16.2. The Bertz CT molecular complexity index is 701. The number of amides is 2. The number of benzene rings is 2. The van der Waals surface area contributed by atoms with Crippen molar-refractivity contribution in [2.24, 2.45) is 0 Å². The molecule has 0 aliphatic heterocycles. The molecule has 2 aromatic rings. The molecule has 2 aromatic carbocycles. The topological polar surface area (TPSA) is 41.6 Å². The molecule has 0 unspecified atom stereocenters. The van der Waals surface area contributed by atoms with E-state index >= 15 is 0 Å². The summed E-state index contributed by atoms with van der Waals surface area (Å²) in [6.45, 7) is 0.468. The molecular weight excluding hydrogens is 295 g/mol. The lowest BCUT2D eigenvalue weighted by atomic mass is 10.2. The highest BCUT2D eigenvalue weighted by molar-refractivity contribution is 5.89. The van der Waals surface area contributed by atoms with E-state index in [2.05, 4.69) is 5.32 Å². The van der Waals surface area contributed by atoms with Crippen LogP contribution >= 0.6 is 0 Å². The Labute approximate surface area is 134 Å². The Balaban J connectivity index is 1.75. The lowest BCUT2D eigenvalue weighted by Crippen LogP contribution is -2.36. The van der Waals surface area contributed by atoms with Crippen LogP contribution < -0.4 is 10.1 Å². The summed E-state index contributed by atoms with van der Waals surface area (Å²) in [5.41, 5.74) is 1.41. The maximum absolute atomic E-state index is 13.3. The summed E-state index contributed by atoms with van der Waals surface area (Å²) >= 11 is 0. The second-order valence-electron chi connectivity index (χ2n) is 5.61. The summed E-state index contributed by atoms with van der Waals surface area (Å²) in [6, 6.07) is 13.6. The number of ether oxygens (including phenoxy) is 1. The lowest BCUT2D eigenvalue weighted by Gasteiger charge is -2.24. The zero-order valence-corrected chi connectivity index (χ0v) is 13.0. The molecule has 23 heavy (non-hydrogen) atoms. The van der Waals surface area contributed by atoms with Crippen LogP contribution in [0.4, 0.5) is 14.9 Å². The van der Waals surface area contributed by atoms with Gasteiger partial charge in [-0.15, -0.1) is 0 Å². The fourth-order valence-electron chi connectivity index (χ4n) is 2.53. The van der Waals surface area contributed by atoms with Gasteiger partial charge in [0.25, 0.3) is 0 Å². The van der Waals surface area contributed by atoms with Crippen LogP contribution in [0.3, 0.4) is 0 Å². The minimum Gasteiger partial charge on any atom is -0.496 e. The first kappa shape index (κ1) is 15.3. The number of carbonyl (C=O) groups excluding carboxylic acids is 1. The highest BCUT2D eigenvalue weighted by atomic mass is 19.1. The highest BCUT2D eigenvalue weighted by Gasteiger charge is 2.33. The molecule has 0 radical (unpaired) electrons. The van der Waals surface area contributed by atoms with Crippen molar-refractivity contribution >= 4 is 11.7 Å². The first-order valence-corrected chi connectivity index (χ1v) is 7.62. The zero-order valence-electron chi connectivity index (χ0n) is 13.0. The number of hydrogen-bond acceptors (Lipinski definition) is 2. The largest absolute Gasteiger partial charge is 0.496 e. The van der Waals surface area contributed by atoms with E-state index in [0.717, 1.165) is 24.2 Å². The van der Waals surface area contributed by atoms with E-state index < -0.39 is 0 Å². The van der Waals surface area contributed by atoms with Crippen LogP contribution in [0.2, 0.25) is 0 Å².